The van der Waals surface area contributed by atoms with E-state index in [9.17, 15) is 5.11 Å². The zero-order chi connectivity index (χ0) is 10.1. The van der Waals surface area contributed by atoms with Crippen molar-refractivity contribution >= 4 is 10.9 Å². The number of aromatic nitrogens is 1. The second-order valence-electron chi connectivity index (χ2n) is 3.25. The average molecular weight is 192 g/mol. The van der Waals surface area contributed by atoms with E-state index in [2.05, 4.69) is 4.98 Å². The number of hydrogen-bond acceptors (Lipinski definition) is 3. The summed E-state index contributed by atoms with van der Waals surface area (Å²) >= 11 is 0. The van der Waals surface area contributed by atoms with E-state index in [-0.39, 0.29) is 12.4 Å². The summed E-state index contributed by atoms with van der Waals surface area (Å²) in [7, 11) is 0. The highest BCUT2D eigenvalue weighted by Crippen LogP contribution is 2.26. The normalized spacial score (nSPS) is 13.3. The summed E-state index contributed by atoms with van der Waals surface area (Å²) in [6.07, 6.45) is 0. The third-order valence-corrected chi connectivity index (χ3v) is 2.26. The van der Waals surface area contributed by atoms with E-state index >= 15 is 0 Å². The Bertz CT molecular complexity index is 450. The molecule has 14 heavy (non-hydrogen) atoms. The number of aliphatic hydroxyl groups is 1. The van der Waals surface area contributed by atoms with Gasteiger partial charge in [-0.15, -0.1) is 0 Å². The van der Waals surface area contributed by atoms with Gasteiger partial charge in [-0.25, -0.2) is 0 Å². The molecule has 1 heterocycles. The monoisotopic (exact) mass is 192 g/mol. The van der Waals surface area contributed by atoms with Crippen molar-refractivity contribution in [3.05, 3.63) is 30.0 Å². The predicted molar refractivity (Wildman–Crippen MR) is 54.0 cm³/mol. The number of phenols is 1. The molecule has 1 aromatic heterocycles. The first kappa shape index (κ1) is 9.05. The lowest BCUT2D eigenvalue weighted by Gasteiger charge is -2.03. The van der Waals surface area contributed by atoms with Gasteiger partial charge in [-0.05, 0) is 18.2 Å². The molecule has 0 bridgehead atoms. The largest absolute Gasteiger partial charge is 0.507 e. The number of nitrogens with one attached hydrogen (secondary N) is 1. The highest BCUT2D eigenvalue weighted by Gasteiger charge is 2.09. The first-order valence-corrected chi connectivity index (χ1v) is 4.39. The van der Waals surface area contributed by atoms with Gasteiger partial charge in [-0.1, -0.05) is 6.07 Å². The van der Waals surface area contributed by atoms with Crippen molar-refractivity contribution in [1.29, 1.82) is 0 Å². The van der Waals surface area contributed by atoms with Crippen LogP contribution >= 0.6 is 0 Å². The Morgan fingerprint density at radius 3 is 2.86 bits per heavy atom. The molecular weight excluding hydrogens is 180 g/mol. The molecule has 0 aliphatic rings. The fourth-order valence-corrected chi connectivity index (χ4v) is 1.46. The van der Waals surface area contributed by atoms with Crippen LogP contribution in [0, 0.1) is 0 Å². The van der Waals surface area contributed by atoms with E-state index in [4.69, 9.17) is 10.8 Å². The molecule has 0 saturated carbocycles. The van der Waals surface area contributed by atoms with E-state index in [1.807, 2.05) is 6.07 Å². The van der Waals surface area contributed by atoms with Crippen molar-refractivity contribution in [2.24, 2.45) is 5.73 Å². The van der Waals surface area contributed by atoms with Crippen LogP contribution in [0.5, 0.6) is 5.75 Å². The number of aromatic hydroxyl groups is 1. The van der Waals surface area contributed by atoms with Crippen molar-refractivity contribution in [3.8, 4) is 5.75 Å². The lowest BCUT2D eigenvalue weighted by molar-refractivity contribution is 0.266. The highest BCUT2D eigenvalue weighted by atomic mass is 16.3. The summed E-state index contributed by atoms with van der Waals surface area (Å²) in [4.78, 5) is 3.04. The molecule has 0 unspecified atom stereocenters. The first-order valence-electron chi connectivity index (χ1n) is 4.39. The van der Waals surface area contributed by atoms with Gasteiger partial charge < -0.3 is 20.9 Å². The Balaban J connectivity index is 2.56. The smallest absolute Gasteiger partial charge is 0.124 e. The number of fused-ring (bicyclic) bond motifs is 1. The summed E-state index contributed by atoms with van der Waals surface area (Å²) in [5, 5.41) is 19.1. The van der Waals surface area contributed by atoms with Gasteiger partial charge in [0, 0.05) is 16.6 Å². The zero-order valence-electron chi connectivity index (χ0n) is 7.57. The number of phenolic OH excluding ortho intramolecular Hbond substituents is 1. The van der Waals surface area contributed by atoms with E-state index in [1.54, 1.807) is 18.2 Å². The average Bonchev–Trinajstić information content (AvgIpc) is 2.62. The molecule has 2 aromatic rings. The van der Waals surface area contributed by atoms with Gasteiger partial charge >= 0.3 is 0 Å². The van der Waals surface area contributed by atoms with Crippen LogP contribution in [0.25, 0.3) is 10.9 Å². The van der Waals surface area contributed by atoms with Gasteiger partial charge in [-0.3, -0.25) is 0 Å². The molecule has 5 N–H and O–H groups in total. The third-order valence-electron chi connectivity index (χ3n) is 2.26. The van der Waals surface area contributed by atoms with Crippen LogP contribution in [-0.2, 0) is 0 Å². The predicted octanol–water partition coefficient (Wildman–Crippen LogP) is 0.866. The number of aromatic amines is 1. The molecule has 0 aliphatic carbocycles. The minimum atomic E-state index is -0.429. The molecule has 74 valence electrons. The number of benzene rings is 1. The molecule has 0 saturated heterocycles. The van der Waals surface area contributed by atoms with Crippen LogP contribution in [0.3, 0.4) is 0 Å². The molecule has 1 atom stereocenters. The van der Waals surface area contributed by atoms with E-state index < -0.39 is 6.04 Å². The lowest BCUT2D eigenvalue weighted by atomic mass is 10.2. The number of rotatable bonds is 2. The molecule has 0 radical (unpaired) electrons. The van der Waals surface area contributed by atoms with Gasteiger partial charge in [0.2, 0.25) is 0 Å². The molecule has 0 fully saturated rings. The first-order chi connectivity index (χ1) is 6.72. The van der Waals surface area contributed by atoms with Crippen molar-refractivity contribution in [2.75, 3.05) is 6.61 Å². The lowest BCUT2D eigenvalue weighted by Crippen LogP contribution is -2.14. The molecule has 0 aliphatic heterocycles. The second-order valence-corrected chi connectivity index (χ2v) is 3.25. The maximum atomic E-state index is 9.52. The van der Waals surface area contributed by atoms with Crippen LogP contribution in [-0.4, -0.2) is 21.8 Å². The van der Waals surface area contributed by atoms with E-state index in [0.717, 1.165) is 16.6 Å². The van der Waals surface area contributed by atoms with E-state index in [0.29, 0.717) is 0 Å². The van der Waals surface area contributed by atoms with Gasteiger partial charge in [0.05, 0.1) is 12.6 Å². The van der Waals surface area contributed by atoms with Crippen molar-refractivity contribution in [2.45, 2.75) is 6.04 Å². The van der Waals surface area contributed by atoms with E-state index in [1.165, 1.54) is 0 Å². The Morgan fingerprint density at radius 1 is 1.43 bits per heavy atom. The number of hydrogen-bond donors (Lipinski definition) is 4. The van der Waals surface area contributed by atoms with Crippen LogP contribution < -0.4 is 5.73 Å². The number of nitrogens with two attached hydrogens (primary N) is 1. The Kier molecular flexibility index (Phi) is 2.15. The third kappa shape index (κ3) is 1.34. The van der Waals surface area contributed by atoms with Gasteiger partial charge in [0.15, 0.2) is 0 Å². The molecular formula is C10H12N2O2. The molecule has 1 aromatic carbocycles. The Labute approximate surface area is 81.0 Å². The van der Waals surface area contributed by atoms with Crippen LogP contribution in [0.15, 0.2) is 24.3 Å². The van der Waals surface area contributed by atoms with Crippen LogP contribution in [0.4, 0.5) is 0 Å². The zero-order valence-corrected chi connectivity index (χ0v) is 7.57. The number of aliphatic hydroxyl groups excluding tert-OH is 1. The Hall–Kier alpha value is -1.52. The summed E-state index contributed by atoms with van der Waals surface area (Å²) < 4.78 is 0. The topological polar surface area (TPSA) is 82.3 Å². The molecule has 4 nitrogen and oxygen atoms in total. The van der Waals surface area contributed by atoms with Crippen molar-refractivity contribution in [1.82, 2.24) is 4.98 Å². The minimum Gasteiger partial charge on any atom is -0.507 e. The van der Waals surface area contributed by atoms with Crippen LogP contribution in [0.1, 0.15) is 11.7 Å². The van der Waals surface area contributed by atoms with Crippen molar-refractivity contribution < 1.29 is 10.2 Å². The fraction of sp³-hybridized carbons (Fsp3) is 0.200. The molecule has 0 spiro atoms. The van der Waals surface area contributed by atoms with Crippen molar-refractivity contribution in [3.63, 3.8) is 0 Å². The maximum absolute atomic E-state index is 9.52. The van der Waals surface area contributed by atoms with Gasteiger partial charge in [-0.2, -0.15) is 0 Å². The summed E-state index contributed by atoms with van der Waals surface area (Å²) in [6.45, 7) is -0.117. The maximum Gasteiger partial charge on any atom is 0.124 e. The summed E-state index contributed by atoms with van der Waals surface area (Å²) in [5.41, 5.74) is 7.19. The van der Waals surface area contributed by atoms with Crippen LogP contribution in [0.2, 0.25) is 0 Å². The Morgan fingerprint density at radius 2 is 2.21 bits per heavy atom. The van der Waals surface area contributed by atoms with Gasteiger partial charge in [0.25, 0.3) is 0 Å². The molecule has 4 heteroatoms. The fourth-order valence-electron chi connectivity index (χ4n) is 1.46. The quantitative estimate of drug-likeness (QED) is 0.569. The summed E-state index contributed by atoms with van der Waals surface area (Å²) in [6, 6.07) is 6.54. The highest BCUT2D eigenvalue weighted by molar-refractivity contribution is 5.86. The van der Waals surface area contributed by atoms with Gasteiger partial charge in [0.1, 0.15) is 5.75 Å². The summed E-state index contributed by atoms with van der Waals surface area (Å²) in [5.74, 6) is 0.218. The minimum absolute atomic E-state index is 0.117. The molecule has 2 rings (SSSR count). The SMILES string of the molecule is N[C@H](CO)c1cc2c(O)cccc2[nH]1. The second kappa shape index (κ2) is 3.32. The number of H-pyrrole nitrogens is 1. The molecule has 0 amide bonds. The standard InChI is InChI=1S/C10H12N2O2/c11-7(5-13)9-4-6-8(12-9)2-1-3-10(6)14/h1-4,7,12-14H,5,11H2/t7-/m1/s1.